The number of rotatable bonds is 7. The van der Waals surface area contributed by atoms with Gasteiger partial charge in [0, 0.05) is 19.0 Å². The third-order valence-corrected chi connectivity index (χ3v) is 3.96. The van der Waals surface area contributed by atoms with Gasteiger partial charge in [-0.25, -0.2) is 0 Å². The van der Waals surface area contributed by atoms with Crippen molar-refractivity contribution in [3.63, 3.8) is 0 Å². The van der Waals surface area contributed by atoms with E-state index in [4.69, 9.17) is 0 Å². The SMILES string of the molecule is CCN1CCC(CCNC(=O)C(C)CNC)CC1. The monoisotopic (exact) mass is 255 g/mol. The Balaban J connectivity index is 2.09. The van der Waals surface area contributed by atoms with Crippen LogP contribution < -0.4 is 10.6 Å². The Morgan fingerprint density at radius 2 is 2.06 bits per heavy atom. The molecule has 0 saturated carbocycles. The van der Waals surface area contributed by atoms with E-state index in [9.17, 15) is 4.79 Å². The van der Waals surface area contributed by atoms with E-state index in [0.29, 0.717) is 0 Å². The number of carbonyl (C=O) groups excluding carboxylic acids is 1. The summed E-state index contributed by atoms with van der Waals surface area (Å²) in [6, 6.07) is 0. The second kappa shape index (κ2) is 8.48. The Morgan fingerprint density at radius 1 is 1.39 bits per heavy atom. The van der Waals surface area contributed by atoms with Crippen LogP contribution in [-0.4, -0.2) is 50.6 Å². The lowest BCUT2D eigenvalue weighted by Gasteiger charge is -2.31. The zero-order valence-corrected chi connectivity index (χ0v) is 12.2. The average Bonchev–Trinajstić information content (AvgIpc) is 2.39. The van der Waals surface area contributed by atoms with Crippen molar-refractivity contribution in [1.29, 1.82) is 0 Å². The van der Waals surface area contributed by atoms with Crippen LogP contribution in [0.1, 0.15) is 33.1 Å². The van der Waals surface area contributed by atoms with Crippen molar-refractivity contribution in [2.24, 2.45) is 11.8 Å². The molecule has 1 fully saturated rings. The van der Waals surface area contributed by atoms with Crippen LogP contribution in [0.25, 0.3) is 0 Å². The van der Waals surface area contributed by atoms with Gasteiger partial charge in [0.25, 0.3) is 0 Å². The minimum absolute atomic E-state index is 0.0666. The molecule has 1 aliphatic heterocycles. The molecule has 1 heterocycles. The van der Waals surface area contributed by atoms with E-state index in [2.05, 4.69) is 22.5 Å². The summed E-state index contributed by atoms with van der Waals surface area (Å²) in [6.45, 7) is 9.40. The van der Waals surface area contributed by atoms with Gasteiger partial charge in [0.15, 0.2) is 0 Å². The van der Waals surface area contributed by atoms with Gasteiger partial charge in [0.1, 0.15) is 0 Å². The Kier molecular flexibility index (Phi) is 7.28. The summed E-state index contributed by atoms with van der Waals surface area (Å²) in [5.41, 5.74) is 0. The van der Waals surface area contributed by atoms with Gasteiger partial charge in [-0.3, -0.25) is 4.79 Å². The first kappa shape index (κ1) is 15.4. The van der Waals surface area contributed by atoms with E-state index in [0.717, 1.165) is 25.4 Å². The maximum Gasteiger partial charge on any atom is 0.224 e. The zero-order chi connectivity index (χ0) is 13.4. The number of piperidine rings is 1. The quantitative estimate of drug-likeness (QED) is 0.715. The molecule has 0 aliphatic carbocycles. The van der Waals surface area contributed by atoms with Crippen LogP contribution in [-0.2, 0) is 4.79 Å². The van der Waals surface area contributed by atoms with Gasteiger partial charge in [-0.2, -0.15) is 0 Å². The molecule has 0 aromatic heterocycles. The van der Waals surface area contributed by atoms with Crippen LogP contribution in [0.2, 0.25) is 0 Å². The molecule has 4 heteroatoms. The fourth-order valence-electron chi connectivity index (χ4n) is 2.56. The van der Waals surface area contributed by atoms with Crippen LogP contribution in [0.15, 0.2) is 0 Å². The largest absolute Gasteiger partial charge is 0.356 e. The maximum absolute atomic E-state index is 11.7. The lowest BCUT2D eigenvalue weighted by Crippen LogP contribution is -2.37. The number of nitrogens with zero attached hydrogens (tertiary/aromatic N) is 1. The summed E-state index contributed by atoms with van der Waals surface area (Å²) in [6.07, 6.45) is 3.71. The van der Waals surface area contributed by atoms with E-state index >= 15 is 0 Å². The summed E-state index contributed by atoms with van der Waals surface area (Å²) in [7, 11) is 1.88. The number of carbonyl (C=O) groups is 1. The third-order valence-electron chi connectivity index (χ3n) is 3.96. The summed E-state index contributed by atoms with van der Waals surface area (Å²) < 4.78 is 0. The van der Waals surface area contributed by atoms with Gasteiger partial charge in [-0.1, -0.05) is 13.8 Å². The Hall–Kier alpha value is -0.610. The standard InChI is InChI=1S/C14H29N3O/c1-4-17-9-6-13(7-10-17)5-8-16-14(18)12(2)11-15-3/h12-13,15H,4-11H2,1-3H3,(H,16,18). The highest BCUT2D eigenvalue weighted by molar-refractivity contribution is 5.78. The molecule has 0 radical (unpaired) electrons. The molecule has 18 heavy (non-hydrogen) atoms. The molecule has 1 rings (SSSR count). The molecular formula is C14H29N3O. The fourth-order valence-corrected chi connectivity index (χ4v) is 2.56. The number of hydrogen-bond donors (Lipinski definition) is 2. The van der Waals surface area contributed by atoms with E-state index in [1.807, 2.05) is 14.0 Å². The van der Waals surface area contributed by atoms with Crippen LogP contribution in [0.5, 0.6) is 0 Å². The van der Waals surface area contributed by atoms with Crippen molar-refractivity contribution in [2.75, 3.05) is 39.8 Å². The first-order valence-corrected chi connectivity index (χ1v) is 7.32. The number of likely N-dealkylation sites (tertiary alicyclic amines) is 1. The number of nitrogens with one attached hydrogen (secondary N) is 2. The molecule has 0 bridgehead atoms. The lowest BCUT2D eigenvalue weighted by atomic mass is 9.93. The third kappa shape index (κ3) is 5.36. The van der Waals surface area contributed by atoms with E-state index in [-0.39, 0.29) is 11.8 Å². The second-order valence-corrected chi connectivity index (χ2v) is 5.42. The van der Waals surface area contributed by atoms with Crippen molar-refractivity contribution in [1.82, 2.24) is 15.5 Å². The predicted molar refractivity (Wildman–Crippen MR) is 75.6 cm³/mol. The highest BCUT2D eigenvalue weighted by atomic mass is 16.1. The summed E-state index contributed by atoms with van der Waals surface area (Å²) >= 11 is 0. The zero-order valence-electron chi connectivity index (χ0n) is 12.2. The summed E-state index contributed by atoms with van der Waals surface area (Å²) in [5.74, 6) is 1.04. The fraction of sp³-hybridized carbons (Fsp3) is 0.929. The van der Waals surface area contributed by atoms with E-state index < -0.39 is 0 Å². The van der Waals surface area contributed by atoms with Crippen molar-refractivity contribution >= 4 is 5.91 Å². The summed E-state index contributed by atoms with van der Waals surface area (Å²) in [5, 5.41) is 6.08. The first-order chi connectivity index (χ1) is 8.67. The maximum atomic E-state index is 11.7. The molecule has 4 nitrogen and oxygen atoms in total. The average molecular weight is 255 g/mol. The second-order valence-electron chi connectivity index (χ2n) is 5.42. The molecule has 0 spiro atoms. The van der Waals surface area contributed by atoms with Crippen molar-refractivity contribution < 1.29 is 4.79 Å². The molecule has 1 saturated heterocycles. The summed E-state index contributed by atoms with van der Waals surface area (Å²) in [4.78, 5) is 14.2. The van der Waals surface area contributed by atoms with Gasteiger partial charge in [0.05, 0.1) is 0 Å². The van der Waals surface area contributed by atoms with Gasteiger partial charge < -0.3 is 15.5 Å². The Labute approximate surface area is 111 Å². The molecule has 2 N–H and O–H groups in total. The molecule has 1 amide bonds. The number of amides is 1. The van der Waals surface area contributed by atoms with Gasteiger partial charge in [0.2, 0.25) is 5.91 Å². The van der Waals surface area contributed by atoms with Crippen molar-refractivity contribution in [3.05, 3.63) is 0 Å². The minimum atomic E-state index is 0.0666. The smallest absolute Gasteiger partial charge is 0.224 e. The molecule has 0 aromatic rings. The normalized spacial score (nSPS) is 19.7. The van der Waals surface area contributed by atoms with Crippen LogP contribution >= 0.6 is 0 Å². The Morgan fingerprint density at radius 3 is 2.61 bits per heavy atom. The number of hydrogen-bond acceptors (Lipinski definition) is 3. The first-order valence-electron chi connectivity index (χ1n) is 7.32. The topological polar surface area (TPSA) is 44.4 Å². The lowest BCUT2D eigenvalue weighted by molar-refractivity contribution is -0.124. The van der Waals surface area contributed by atoms with Gasteiger partial charge in [-0.05, 0) is 51.9 Å². The van der Waals surface area contributed by atoms with Crippen molar-refractivity contribution in [2.45, 2.75) is 33.1 Å². The highest BCUT2D eigenvalue weighted by Gasteiger charge is 2.18. The van der Waals surface area contributed by atoms with Crippen LogP contribution in [0, 0.1) is 11.8 Å². The molecule has 1 atom stereocenters. The molecule has 1 aliphatic rings. The van der Waals surface area contributed by atoms with Crippen LogP contribution in [0.3, 0.4) is 0 Å². The predicted octanol–water partition coefficient (Wildman–Crippen LogP) is 1.08. The molecule has 106 valence electrons. The van der Waals surface area contributed by atoms with Crippen LogP contribution in [0.4, 0.5) is 0 Å². The van der Waals surface area contributed by atoms with E-state index in [1.54, 1.807) is 0 Å². The van der Waals surface area contributed by atoms with Gasteiger partial charge >= 0.3 is 0 Å². The molecular weight excluding hydrogens is 226 g/mol. The minimum Gasteiger partial charge on any atom is -0.356 e. The molecule has 1 unspecified atom stereocenters. The Bertz CT molecular complexity index is 237. The van der Waals surface area contributed by atoms with E-state index in [1.165, 1.54) is 32.5 Å². The van der Waals surface area contributed by atoms with Gasteiger partial charge in [-0.15, -0.1) is 0 Å². The molecule has 0 aromatic carbocycles. The van der Waals surface area contributed by atoms with Crippen molar-refractivity contribution in [3.8, 4) is 0 Å². The highest BCUT2D eigenvalue weighted by Crippen LogP contribution is 2.19.